The Morgan fingerprint density at radius 2 is 2.38 bits per heavy atom. The van der Waals surface area contributed by atoms with E-state index >= 15 is 0 Å². The molecule has 1 unspecified atom stereocenters. The molecule has 1 atom stereocenters. The molecular formula is C13H14N4O2S2. The Bertz CT molecular complexity index is 720. The van der Waals surface area contributed by atoms with E-state index in [9.17, 15) is 5.11 Å². The van der Waals surface area contributed by atoms with Crippen LogP contribution in [0, 0.1) is 0 Å². The first-order valence-corrected chi connectivity index (χ1v) is 8.10. The molecule has 6 nitrogen and oxygen atoms in total. The molecule has 0 radical (unpaired) electrons. The lowest BCUT2D eigenvalue weighted by Gasteiger charge is -2.07. The molecule has 110 valence electrons. The largest absolute Gasteiger partial charge is 0.390 e. The highest BCUT2D eigenvalue weighted by Crippen LogP contribution is 2.34. The summed E-state index contributed by atoms with van der Waals surface area (Å²) in [7, 11) is 1.87. The van der Waals surface area contributed by atoms with Gasteiger partial charge in [0, 0.05) is 7.05 Å². The normalized spacial score (nSPS) is 12.7. The van der Waals surface area contributed by atoms with Gasteiger partial charge in [-0.15, -0.1) is 11.3 Å². The van der Waals surface area contributed by atoms with E-state index in [-0.39, 0.29) is 11.9 Å². The molecule has 0 saturated heterocycles. The predicted molar refractivity (Wildman–Crippen MR) is 81.0 cm³/mol. The number of aliphatic hydroxyl groups excluding tert-OH is 1. The van der Waals surface area contributed by atoms with E-state index < -0.39 is 0 Å². The fourth-order valence-electron chi connectivity index (χ4n) is 1.80. The predicted octanol–water partition coefficient (Wildman–Crippen LogP) is 2.88. The van der Waals surface area contributed by atoms with Crippen molar-refractivity contribution >= 4 is 23.1 Å². The summed E-state index contributed by atoms with van der Waals surface area (Å²) in [5.41, 5.74) is 0.773. The summed E-state index contributed by atoms with van der Waals surface area (Å²) in [6, 6.07) is 3.92. The highest BCUT2D eigenvalue weighted by Gasteiger charge is 2.19. The van der Waals surface area contributed by atoms with E-state index in [4.69, 9.17) is 4.52 Å². The van der Waals surface area contributed by atoms with Gasteiger partial charge in [-0.1, -0.05) is 23.0 Å². The minimum Gasteiger partial charge on any atom is -0.390 e. The van der Waals surface area contributed by atoms with Crippen molar-refractivity contribution in [2.24, 2.45) is 7.05 Å². The summed E-state index contributed by atoms with van der Waals surface area (Å²) in [5, 5.41) is 16.0. The third-order valence-corrected chi connectivity index (χ3v) is 5.03. The number of nitrogens with zero attached hydrogens (tertiary/aromatic N) is 4. The fraction of sp³-hybridized carbons (Fsp3) is 0.308. The van der Waals surface area contributed by atoms with Crippen LogP contribution in [-0.4, -0.2) is 24.8 Å². The van der Waals surface area contributed by atoms with E-state index in [0.717, 1.165) is 15.7 Å². The van der Waals surface area contributed by atoms with Gasteiger partial charge in [-0.05, 0) is 18.4 Å². The van der Waals surface area contributed by atoms with Crippen LogP contribution < -0.4 is 0 Å². The number of thiophene rings is 1. The van der Waals surface area contributed by atoms with E-state index in [0.29, 0.717) is 11.7 Å². The minimum atomic E-state index is -0.0263. The van der Waals surface area contributed by atoms with E-state index in [1.54, 1.807) is 17.5 Å². The average Bonchev–Trinajstić information content (AvgIpc) is 3.19. The molecular weight excluding hydrogens is 308 g/mol. The van der Waals surface area contributed by atoms with Gasteiger partial charge in [0.05, 0.1) is 28.6 Å². The molecule has 0 spiro atoms. The molecule has 3 aromatic heterocycles. The molecule has 8 heteroatoms. The van der Waals surface area contributed by atoms with Crippen LogP contribution in [0.5, 0.6) is 0 Å². The van der Waals surface area contributed by atoms with Gasteiger partial charge in [-0.3, -0.25) is 0 Å². The Morgan fingerprint density at radius 3 is 3.05 bits per heavy atom. The Hall–Kier alpha value is -1.64. The molecule has 0 aliphatic rings. The summed E-state index contributed by atoms with van der Waals surface area (Å²) in [4.78, 5) is 9.71. The first-order valence-electron chi connectivity index (χ1n) is 6.34. The van der Waals surface area contributed by atoms with Crippen LogP contribution in [-0.2, 0) is 13.7 Å². The molecule has 0 bridgehead atoms. The van der Waals surface area contributed by atoms with Crippen LogP contribution in [0.25, 0.3) is 10.7 Å². The highest BCUT2D eigenvalue weighted by atomic mass is 32.2. The van der Waals surface area contributed by atoms with Crippen molar-refractivity contribution in [1.29, 1.82) is 0 Å². The van der Waals surface area contributed by atoms with Crippen molar-refractivity contribution < 1.29 is 9.63 Å². The van der Waals surface area contributed by atoms with Crippen molar-refractivity contribution in [3.05, 3.63) is 35.3 Å². The van der Waals surface area contributed by atoms with E-state index in [2.05, 4.69) is 15.1 Å². The molecule has 3 rings (SSSR count). The summed E-state index contributed by atoms with van der Waals surface area (Å²) in [6.45, 7) is 1.96. The maximum Gasteiger partial charge on any atom is 0.240 e. The summed E-state index contributed by atoms with van der Waals surface area (Å²) < 4.78 is 7.19. The Morgan fingerprint density at radius 1 is 1.52 bits per heavy atom. The van der Waals surface area contributed by atoms with Gasteiger partial charge in [0.15, 0.2) is 5.16 Å². The summed E-state index contributed by atoms with van der Waals surface area (Å²) >= 11 is 3.10. The van der Waals surface area contributed by atoms with Gasteiger partial charge >= 0.3 is 0 Å². The number of hydrogen-bond donors (Lipinski definition) is 1. The summed E-state index contributed by atoms with van der Waals surface area (Å²) in [5.74, 6) is 1.18. The zero-order valence-corrected chi connectivity index (χ0v) is 13.2. The quantitative estimate of drug-likeness (QED) is 0.728. The lowest BCUT2D eigenvalue weighted by Crippen LogP contribution is -1.99. The Kier molecular flexibility index (Phi) is 4.09. The molecule has 3 aromatic rings. The SMILES string of the molecule is CC(Sc1ncc(CO)n1C)c1nc(-c2cccs2)no1. The van der Waals surface area contributed by atoms with Crippen LogP contribution in [0.3, 0.4) is 0 Å². The second-order valence-corrected chi connectivity index (χ2v) is 6.70. The Labute approximate surface area is 129 Å². The van der Waals surface area contributed by atoms with Gasteiger partial charge in [0.2, 0.25) is 11.7 Å². The van der Waals surface area contributed by atoms with Crippen LogP contribution in [0.1, 0.15) is 23.8 Å². The first-order chi connectivity index (χ1) is 10.2. The topological polar surface area (TPSA) is 77.0 Å². The number of rotatable bonds is 5. The van der Waals surface area contributed by atoms with Gasteiger partial charge in [0.1, 0.15) is 0 Å². The molecule has 0 aliphatic heterocycles. The van der Waals surface area contributed by atoms with Crippen molar-refractivity contribution in [3.63, 3.8) is 0 Å². The lowest BCUT2D eigenvalue weighted by atomic mass is 10.4. The smallest absolute Gasteiger partial charge is 0.240 e. The molecule has 3 heterocycles. The summed E-state index contributed by atoms with van der Waals surface area (Å²) in [6.07, 6.45) is 1.67. The number of imidazole rings is 1. The van der Waals surface area contributed by atoms with Crippen LogP contribution in [0.15, 0.2) is 33.4 Å². The fourth-order valence-corrected chi connectivity index (χ4v) is 3.35. The van der Waals surface area contributed by atoms with Gasteiger partial charge in [-0.2, -0.15) is 4.98 Å². The van der Waals surface area contributed by atoms with Crippen molar-refractivity contribution in [1.82, 2.24) is 19.7 Å². The van der Waals surface area contributed by atoms with Crippen molar-refractivity contribution in [3.8, 4) is 10.7 Å². The average molecular weight is 322 g/mol. The Balaban J connectivity index is 1.76. The first kappa shape index (κ1) is 14.3. The highest BCUT2D eigenvalue weighted by molar-refractivity contribution is 7.99. The molecule has 21 heavy (non-hydrogen) atoms. The maximum absolute atomic E-state index is 9.18. The monoisotopic (exact) mass is 322 g/mol. The molecule has 0 fully saturated rings. The molecule has 0 saturated carbocycles. The zero-order chi connectivity index (χ0) is 14.8. The zero-order valence-electron chi connectivity index (χ0n) is 11.6. The van der Waals surface area contributed by atoms with Gasteiger partial charge < -0.3 is 14.2 Å². The van der Waals surface area contributed by atoms with Gasteiger partial charge in [-0.25, -0.2) is 4.98 Å². The van der Waals surface area contributed by atoms with Crippen molar-refractivity contribution in [2.75, 3.05) is 0 Å². The standard InChI is InChI=1S/C13H14N4O2S2/c1-8(21-13-14-6-9(7-18)17(13)2)12-15-11(16-19-12)10-4-3-5-20-10/h3-6,8,18H,7H2,1-2H3. The lowest BCUT2D eigenvalue weighted by molar-refractivity contribution is 0.271. The third kappa shape index (κ3) is 2.87. The molecule has 0 amide bonds. The van der Waals surface area contributed by atoms with Gasteiger partial charge in [0.25, 0.3) is 0 Å². The number of hydrogen-bond acceptors (Lipinski definition) is 7. The molecule has 0 aromatic carbocycles. The minimum absolute atomic E-state index is 0.0149. The second kappa shape index (κ2) is 6.00. The third-order valence-electron chi connectivity index (χ3n) is 3.02. The molecule has 0 aliphatic carbocycles. The van der Waals surface area contributed by atoms with Crippen LogP contribution >= 0.6 is 23.1 Å². The van der Waals surface area contributed by atoms with Crippen LogP contribution in [0.2, 0.25) is 0 Å². The second-order valence-electron chi connectivity index (χ2n) is 4.44. The maximum atomic E-state index is 9.18. The number of thioether (sulfide) groups is 1. The molecule has 1 N–H and O–H groups in total. The van der Waals surface area contributed by atoms with E-state index in [1.807, 2.05) is 36.1 Å². The number of aromatic nitrogens is 4. The van der Waals surface area contributed by atoms with E-state index in [1.165, 1.54) is 11.8 Å². The van der Waals surface area contributed by atoms with Crippen molar-refractivity contribution in [2.45, 2.75) is 23.9 Å². The van der Waals surface area contributed by atoms with Crippen LogP contribution in [0.4, 0.5) is 0 Å². The number of aliphatic hydroxyl groups is 1.